The zero-order valence-corrected chi connectivity index (χ0v) is 9.52. The molecule has 0 aliphatic carbocycles. The Balaban J connectivity index is 3.32. The van der Waals surface area contributed by atoms with Gasteiger partial charge in [0.15, 0.2) is 0 Å². The molecule has 5 heteroatoms. The maximum absolute atomic E-state index is 11.1. The van der Waals surface area contributed by atoms with Gasteiger partial charge in [-0.15, -0.1) is 0 Å². The van der Waals surface area contributed by atoms with Crippen molar-refractivity contribution >= 4 is 19.7 Å². The highest BCUT2D eigenvalue weighted by atomic mass is 35.7. The summed E-state index contributed by atoms with van der Waals surface area (Å²) in [6, 6.07) is 4.73. The number of benzene rings is 1. The lowest BCUT2D eigenvalue weighted by atomic mass is 10.2. The Morgan fingerprint density at radius 1 is 1.36 bits per heavy atom. The van der Waals surface area contributed by atoms with Crippen LogP contribution < -0.4 is 4.74 Å². The van der Waals surface area contributed by atoms with E-state index < -0.39 is 9.05 Å². The smallest absolute Gasteiger partial charge is 0.261 e. The van der Waals surface area contributed by atoms with Crippen molar-refractivity contribution in [2.45, 2.75) is 18.2 Å². The predicted octanol–water partition coefficient (Wildman–Crippen LogP) is 2.19. The van der Waals surface area contributed by atoms with Crippen LogP contribution in [0.2, 0.25) is 0 Å². The van der Waals surface area contributed by atoms with Crippen molar-refractivity contribution in [1.29, 1.82) is 0 Å². The van der Waals surface area contributed by atoms with E-state index in [1.165, 1.54) is 13.2 Å². The molecule has 1 rings (SSSR count). The van der Waals surface area contributed by atoms with E-state index in [1.807, 2.05) is 6.92 Å². The number of halogens is 1. The fourth-order valence-corrected chi connectivity index (χ4v) is 1.91. The average molecular weight is 235 g/mol. The molecule has 14 heavy (non-hydrogen) atoms. The van der Waals surface area contributed by atoms with Crippen LogP contribution in [0, 0.1) is 0 Å². The molecular weight excluding hydrogens is 224 g/mol. The highest BCUT2D eigenvalue weighted by Gasteiger charge is 2.12. The van der Waals surface area contributed by atoms with E-state index >= 15 is 0 Å². The molecule has 1 aromatic rings. The standard InChI is InChI=1S/C9H11ClO3S/c1-3-7-4-8(13-2)6-9(5-7)14(10,11)12/h4-6H,3H2,1-2H3. The molecule has 0 saturated heterocycles. The van der Waals surface area contributed by atoms with Crippen LogP contribution in [-0.4, -0.2) is 15.5 Å². The van der Waals surface area contributed by atoms with Crippen LogP contribution in [0.25, 0.3) is 0 Å². The molecule has 0 aliphatic heterocycles. The van der Waals surface area contributed by atoms with Crippen molar-refractivity contribution in [1.82, 2.24) is 0 Å². The predicted molar refractivity (Wildman–Crippen MR) is 55.4 cm³/mol. The summed E-state index contributed by atoms with van der Waals surface area (Å²) >= 11 is 0. The number of rotatable bonds is 3. The molecule has 0 bridgehead atoms. The van der Waals surface area contributed by atoms with Gasteiger partial charge in [-0.05, 0) is 24.1 Å². The topological polar surface area (TPSA) is 43.4 Å². The highest BCUT2D eigenvalue weighted by Crippen LogP contribution is 2.23. The van der Waals surface area contributed by atoms with Crippen LogP contribution in [0.15, 0.2) is 23.1 Å². The third-order valence-electron chi connectivity index (χ3n) is 1.87. The maximum atomic E-state index is 11.1. The van der Waals surface area contributed by atoms with Crippen LogP contribution >= 0.6 is 10.7 Å². The largest absolute Gasteiger partial charge is 0.497 e. The molecule has 0 amide bonds. The number of ether oxygens (including phenoxy) is 1. The van der Waals surface area contributed by atoms with Gasteiger partial charge in [-0.3, -0.25) is 0 Å². The molecule has 0 radical (unpaired) electrons. The van der Waals surface area contributed by atoms with Gasteiger partial charge in [-0.1, -0.05) is 6.92 Å². The van der Waals surface area contributed by atoms with Gasteiger partial charge in [0, 0.05) is 16.7 Å². The van der Waals surface area contributed by atoms with Gasteiger partial charge in [0.2, 0.25) is 0 Å². The lowest BCUT2D eigenvalue weighted by molar-refractivity contribution is 0.413. The second kappa shape index (κ2) is 4.19. The van der Waals surface area contributed by atoms with E-state index in [0.717, 1.165) is 12.0 Å². The van der Waals surface area contributed by atoms with Crippen molar-refractivity contribution in [2.24, 2.45) is 0 Å². The van der Waals surface area contributed by atoms with Crippen molar-refractivity contribution in [3.8, 4) is 5.75 Å². The van der Waals surface area contributed by atoms with E-state index in [0.29, 0.717) is 5.75 Å². The molecule has 0 atom stereocenters. The Labute approximate surface area is 88.1 Å². The van der Waals surface area contributed by atoms with Crippen molar-refractivity contribution < 1.29 is 13.2 Å². The van der Waals surface area contributed by atoms with Crippen LogP contribution in [0.3, 0.4) is 0 Å². The highest BCUT2D eigenvalue weighted by molar-refractivity contribution is 8.13. The van der Waals surface area contributed by atoms with E-state index in [1.54, 1.807) is 12.1 Å². The maximum Gasteiger partial charge on any atom is 0.261 e. The van der Waals surface area contributed by atoms with Gasteiger partial charge in [0.05, 0.1) is 12.0 Å². The number of methoxy groups -OCH3 is 1. The minimum absolute atomic E-state index is 0.0790. The third kappa shape index (κ3) is 2.62. The van der Waals surface area contributed by atoms with Crippen LogP contribution in [0.5, 0.6) is 5.75 Å². The molecule has 0 saturated carbocycles. The second-order valence-corrected chi connectivity index (χ2v) is 5.37. The summed E-state index contributed by atoms with van der Waals surface area (Å²) in [7, 11) is 3.04. The second-order valence-electron chi connectivity index (χ2n) is 2.81. The zero-order valence-electron chi connectivity index (χ0n) is 7.95. The van der Waals surface area contributed by atoms with Gasteiger partial charge < -0.3 is 4.74 Å². The van der Waals surface area contributed by atoms with Gasteiger partial charge in [-0.25, -0.2) is 8.42 Å². The molecule has 0 spiro atoms. The fraction of sp³-hybridized carbons (Fsp3) is 0.333. The van der Waals surface area contributed by atoms with Crippen LogP contribution in [0.4, 0.5) is 0 Å². The fourth-order valence-electron chi connectivity index (χ4n) is 1.09. The van der Waals surface area contributed by atoms with Crippen molar-refractivity contribution in [3.05, 3.63) is 23.8 Å². The van der Waals surface area contributed by atoms with Crippen molar-refractivity contribution in [3.63, 3.8) is 0 Å². The Bertz CT molecular complexity index is 403. The van der Waals surface area contributed by atoms with E-state index in [4.69, 9.17) is 15.4 Å². The molecule has 3 nitrogen and oxygen atoms in total. The first kappa shape index (κ1) is 11.3. The Morgan fingerprint density at radius 2 is 2.00 bits per heavy atom. The molecule has 0 aliphatic rings. The molecule has 0 N–H and O–H groups in total. The third-order valence-corrected chi connectivity index (χ3v) is 3.20. The van der Waals surface area contributed by atoms with Gasteiger partial charge in [0.1, 0.15) is 5.75 Å². The summed E-state index contributed by atoms with van der Waals surface area (Å²) < 4.78 is 27.1. The number of hydrogen-bond acceptors (Lipinski definition) is 3. The van der Waals surface area contributed by atoms with Gasteiger partial charge >= 0.3 is 0 Å². The van der Waals surface area contributed by atoms with E-state index in [2.05, 4.69) is 0 Å². The Kier molecular flexibility index (Phi) is 3.39. The minimum Gasteiger partial charge on any atom is -0.497 e. The molecule has 0 fully saturated rings. The number of aryl methyl sites for hydroxylation is 1. The lowest BCUT2D eigenvalue weighted by Crippen LogP contribution is -1.94. The average Bonchev–Trinajstić information content (AvgIpc) is 2.15. The SMILES string of the molecule is CCc1cc(OC)cc(S(=O)(=O)Cl)c1. The summed E-state index contributed by atoms with van der Waals surface area (Å²) in [5.41, 5.74) is 0.878. The first-order valence-electron chi connectivity index (χ1n) is 4.10. The quantitative estimate of drug-likeness (QED) is 0.753. The Morgan fingerprint density at radius 3 is 2.43 bits per heavy atom. The monoisotopic (exact) mass is 234 g/mol. The van der Waals surface area contributed by atoms with Crippen molar-refractivity contribution in [2.75, 3.05) is 7.11 Å². The Hall–Kier alpha value is -0.740. The first-order valence-corrected chi connectivity index (χ1v) is 6.41. The lowest BCUT2D eigenvalue weighted by Gasteiger charge is -2.05. The molecule has 0 heterocycles. The number of hydrogen-bond donors (Lipinski definition) is 0. The molecule has 0 aromatic heterocycles. The normalized spacial score (nSPS) is 11.4. The summed E-state index contributed by atoms with van der Waals surface area (Å²) in [4.78, 5) is 0.0790. The van der Waals surface area contributed by atoms with E-state index in [-0.39, 0.29) is 4.90 Å². The zero-order chi connectivity index (χ0) is 10.8. The summed E-state index contributed by atoms with van der Waals surface area (Å²) in [6.07, 6.45) is 0.733. The first-order chi connectivity index (χ1) is 6.47. The van der Waals surface area contributed by atoms with Crippen LogP contribution in [-0.2, 0) is 15.5 Å². The summed E-state index contributed by atoms with van der Waals surface area (Å²) in [5, 5.41) is 0. The van der Waals surface area contributed by atoms with Crippen LogP contribution in [0.1, 0.15) is 12.5 Å². The molecule has 1 aromatic carbocycles. The van der Waals surface area contributed by atoms with Gasteiger partial charge in [-0.2, -0.15) is 0 Å². The van der Waals surface area contributed by atoms with E-state index in [9.17, 15) is 8.42 Å². The molecule has 78 valence electrons. The molecular formula is C9H11ClO3S. The minimum atomic E-state index is -3.68. The molecule has 0 unspecified atom stereocenters. The van der Waals surface area contributed by atoms with Gasteiger partial charge in [0.25, 0.3) is 9.05 Å². The summed E-state index contributed by atoms with van der Waals surface area (Å²) in [6.45, 7) is 1.93. The summed E-state index contributed by atoms with van der Waals surface area (Å²) in [5.74, 6) is 0.503.